The van der Waals surface area contributed by atoms with Crippen LogP contribution in [0.3, 0.4) is 0 Å². The largest absolute Gasteiger partial charge is 0.378 e. The summed E-state index contributed by atoms with van der Waals surface area (Å²) in [6.45, 7) is 0. The summed E-state index contributed by atoms with van der Waals surface area (Å²) in [5, 5.41) is 9.15. The van der Waals surface area contributed by atoms with Gasteiger partial charge in [0.05, 0.1) is 15.5 Å². The van der Waals surface area contributed by atoms with E-state index in [2.05, 4.69) is 4.72 Å². The van der Waals surface area contributed by atoms with Crippen LogP contribution in [-0.4, -0.2) is 22.5 Å². The van der Waals surface area contributed by atoms with Crippen molar-refractivity contribution in [2.75, 3.05) is 23.7 Å². The number of rotatable bonds is 4. The van der Waals surface area contributed by atoms with E-state index in [0.29, 0.717) is 5.69 Å². The Morgan fingerprint density at radius 1 is 1.14 bits per heavy atom. The van der Waals surface area contributed by atoms with E-state index >= 15 is 0 Å². The number of halogens is 1. The standard InChI is InChI=1S/C15H14ClN3O2S/c1-19(2)13-5-3-12(4-6-13)18-22(20,21)14-7-8-15(16)11(9-14)10-17/h3-9,18H,1-2H3. The number of hydrogen-bond acceptors (Lipinski definition) is 4. The molecule has 0 aliphatic carbocycles. The summed E-state index contributed by atoms with van der Waals surface area (Å²) < 4.78 is 27.1. The van der Waals surface area contributed by atoms with Crippen molar-refractivity contribution in [1.29, 1.82) is 5.26 Å². The van der Waals surface area contributed by atoms with E-state index in [0.717, 1.165) is 5.69 Å². The fraction of sp³-hybridized carbons (Fsp3) is 0.133. The van der Waals surface area contributed by atoms with Crippen LogP contribution in [0, 0.1) is 11.3 Å². The Morgan fingerprint density at radius 3 is 2.32 bits per heavy atom. The van der Waals surface area contributed by atoms with Gasteiger partial charge in [0.2, 0.25) is 0 Å². The predicted molar refractivity (Wildman–Crippen MR) is 87.7 cm³/mol. The van der Waals surface area contributed by atoms with Gasteiger partial charge >= 0.3 is 0 Å². The lowest BCUT2D eigenvalue weighted by molar-refractivity contribution is 0.601. The van der Waals surface area contributed by atoms with Crippen molar-refractivity contribution in [1.82, 2.24) is 0 Å². The van der Waals surface area contributed by atoms with Crippen molar-refractivity contribution in [2.24, 2.45) is 0 Å². The fourth-order valence-corrected chi connectivity index (χ4v) is 3.04. The van der Waals surface area contributed by atoms with Crippen LogP contribution in [0.5, 0.6) is 0 Å². The van der Waals surface area contributed by atoms with E-state index in [-0.39, 0.29) is 15.5 Å². The Kier molecular flexibility index (Phi) is 4.59. The minimum absolute atomic E-state index is 0.00913. The first-order valence-corrected chi connectivity index (χ1v) is 8.19. The van der Waals surface area contributed by atoms with E-state index in [4.69, 9.17) is 16.9 Å². The maximum atomic E-state index is 12.3. The van der Waals surface area contributed by atoms with Gasteiger partial charge in [-0.1, -0.05) is 11.6 Å². The van der Waals surface area contributed by atoms with Crippen LogP contribution in [0.2, 0.25) is 5.02 Å². The lowest BCUT2D eigenvalue weighted by Gasteiger charge is -2.13. The SMILES string of the molecule is CN(C)c1ccc(NS(=O)(=O)c2ccc(Cl)c(C#N)c2)cc1. The third-order valence-electron chi connectivity index (χ3n) is 3.00. The summed E-state index contributed by atoms with van der Waals surface area (Å²) >= 11 is 5.81. The van der Waals surface area contributed by atoms with Crippen molar-refractivity contribution in [3.05, 3.63) is 53.1 Å². The molecule has 0 saturated heterocycles. The average Bonchev–Trinajstić information content (AvgIpc) is 2.47. The van der Waals surface area contributed by atoms with Gasteiger partial charge in [-0.05, 0) is 42.5 Å². The molecule has 0 unspecified atom stereocenters. The molecule has 0 saturated carbocycles. The van der Waals surface area contributed by atoms with Crippen molar-refractivity contribution in [3.63, 3.8) is 0 Å². The number of nitriles is 1. The minimum Gasteiger partial charge on any atom is -0.378 e. The smallest absolute Gasteiger partial charge is 0.261 e. The van der Waals surface area contributed by atoms with Crippen LogP contribution < -0.4 is 9.62 Å². The second-order valence-electron chi connectivity index (χ2n) is 4.80. The summed E-state index contributed by atoms with van der Waals surface area (Å²) in [6.07, 6.45) is 0. The maximum absolute atomic E-state index is 12.3. The highest BCUT2D eigenvalue weighted by molar-refractivity contribution is 7.92. The molecule has 0 radical (unpaired) electrons. The van der Waals surface area contributed by atoms with Gasteiger partial charge in [-0.25, -0.2) is 8.42 Å². The van der Waals surface area contributed by atoms with E-state index in [1.54, 1.807) is 24.3 Å². The van der Waals surface area contributed by atoms with Gasteiger partial charge in [-0.2, -0.15) is 5.26 Å². The van der Waals surface area contributed by atoms with Crippen molar-refractivity contribution in [3.8, 4) is 6.07 Å². The molecule has 2 rings (SSSR count). The van der Waals surface area contributed by atoms with E-state index in [9.17, 15) is 8.42 Å². The number of benzene rings is 2. The Hall–Kier alpha value is -2.23. The van der Waals surface area contributed by atoms with Gasteiger partial charge in [-0.15, -0.1) is 0 Å². The van der Waals surface area contributed by atoms with Crippen LogP contribution in [0.25, 0.3) is 0 Å². The molecule has 0 bridgehead atoms. The molecule has 0 fully saturated rings. The average molecular weight is 336 g/mol. The molecule has 2 aromatic rings. The second kappa shape index (κ2) is 6.26. The number of nitrogens with zero attached hydrogens (tertiary/aromatic N) is 2. The molecule has 22 heavy (non-hydrogen) atoms. The molecular formula is C15H14ClN3O2S. The highest BCUT2D eigenvalue weighted by Gasteiger charge is 2.16. The molecule has 0 aliphatic rings. The Bertz CT molecular complexity index is 825. The lowest BCUT2D eigenvalue weighted by atomic mass is 10.2. The number of nitrogens with one attached hydrogen (secondary N) is 1. The van der Waals surface area contributed by atoms with Gasteiger partial charge in [0.15, 0.2) is 0 Å². The summed E-state index contributed by atoms with van der Waals surface area (Å²) in [5.74, 6) is 0. The van der Waals surface area contributed by atoms with E-state index in [1.165, 1.54) is 18.2 Å². The fourth-order valence-electron chi connectivity index (χ4n) is 1.80. The highest BCUT2D eigenvalue weighted by atomic mass is 35.5. The molecule has 0 spiro atoms. The number of anilines is 2. The molecule has 0 aliphatic heterocycles. The summed E-state index contributed by atoms with van der Waals surface area (Å²) in [6, 6.07) is 12.8. The third kappa shape index (κ3) is 3.50. The van der Waals surface area contributed by atoms with Crippen LogP contribution in [0.1, 0.15) is 5.56 Å². The Labute approximate surface area is 134 Å². The summed E-state index contributed by atoms with van der Waals surface area (Å²) in [7, 11) is 0.0291. The van der Waals surface area contributed by atoms with Gasteiger partial charge in [0, 0.05) is 25.5 Å². The Morgan fingerprint density at radius 2 is 1.77 bits per heavy atom. The number of sulfonamides is 1. The molecule has 5 nitrogen and oxygen atoms in total. The van der Waals surface area contributed by atoms with E-state index in [1.807, 2.05) is 25.1 Å². The van der Waals surface area contributed by atoms with Crippen molar-refractivity contribution >= 4 is 33.0 Å². The van der Waals surface area contributed by atoms with Crippen molar-refractivity contribution < 1.29 is 8.42 Å². The molecule has 114 valence electrons. The monoisotopic (exact) mass is 335 g/mol. The Balaban J connectivity index is 2.30. The zero-order valence-corrected chi connectivity index (χ0v) is 13.6. The summed E-state index contributed by atoms with van der Waals surface area (Å²) in [5.41, 5.74) is 1.52. The zero-order valence-electron chi connectivity index (χ0n) is 12.0. The van der Waals surface area contributed by atoms with E-state index < -0.39 is 10.0 Å². The zero-order chi connectivity index (χ0) is 16.3. The molecule has 0 atom stereocenters. The quantitative estimate of drug-likeness (QED) is 0.931. The van der Waals surface area contributed by atoms with Gasteiger partial charge in [-0.3, -0.25) is 4.72 Å². The minimum atomic E-state index is -3.77. The molecular weight excluding hydrogens is 322 g/mol. The molecule has 2 aromatic carbocycles. The van der Waals surface area contributed by atoms with Crippen molar-refractivity contribution in [2.45, 2.75) is 4.90 Å². The lowest BCUT2D eigenvalue weighted by Crippen LogP contribution is -2.13. The van der Waals surface area contributed by atoms with Crippen LogP contribution in [0.4, 0.5) is 11.4 Å². The first kappa shape index (κ1) is 16.1. The second-order valence-corrected chi connectivity index (χ2v) is 6.89. The van der Waals surface area contributed by atoms with Gasteiger partial charge in [0.1, 0.15) is 6.07 Å². The molecule has 0 amide bonds. The normalized spacial score (nSPS) is 10.8. The molecule has 1 N–H and O–H groups in total. The van der Waals surface area contributed by atoms with Crippen LogP contribution >= 0.6 is 11.6 Å². The van der Waals surface area contributed by atoms with Crippen LogP contribution in [-0.2, 0) is 10.0 Å². The molecule has 0 aromatic heterocycles. The topological polar surface area (TPSA) is 73.2 Å². The number of hydrogen-bond donors (Lipinski definition) is 1. The predicted octanol–water partition coefficient (Wildman–Crippen LogP) is 3.08. The third-order valence-corrected chi connectivity index (χ3v) is 4.71. The molecule has 0 heterocycles. The van der Waals surface area contributed by atoms with Gasteiger partial charge in [0.25, 0.3) is 10.0 Å². The summed E-state index contributed by atoms with van der Waals surface area (Å²) in [4.78, 5) is 1.90. The molecule has 7 heteroatoms. The van der Waals surface area contributed by atoms with Gasteiger partial charge < -0.3 is 4.90 Å². The highest BCUT2D eigenvalue weighted by Crippen LogP contribution is 2.23. The maximum Gasteiger partial charge on any atom is 0.261 e. The first-order chi connectivity index (χ1) is 10.3. The van der Waals surface area contributed by atoms with Crippen LogP contribution in [0.15, 0.2) is 47.4 Å². The first-order valence-electron chi connectivity index (χ1n) is 6.33.